The van der Waals surface area contributed by atoms with Crippen LogP contribution in [0.4, 0.5) is 11.4 Å². The van der Waals surface area contributed by atoms with Crippen LogP contribution in [0.1, 0.15) is 24.5 Å². The lowest BCUT2D eigenvalue weighted by atomic mass is 10.1. The van der Waals surface area contributed by atoms with Gasteiger partial charge in [-0.05, 0) is 73.2 Å². The fourth-order valence-electron chi connectivity index (χ4n) is 3.77. The number of rotatable bonds is 8. The minimum atomic E-state index is -3.81. The lowest BCUT2D eigenvalue weighted by molar-refractivity contribution is -0.122. The summed E-state index contributed by atoms with van der Waals surface area (Å²) in [5.41, 5.74) is 3.00. The predicted molar refractivity (Wildman–Crippen MR) is 140 cm³/mol. The molecule has 2 N–H and O–H groups in total. The zero-order chi connectivity index (χ0) is 25.0. The molecular formula is C28H28N2O4S. The summed E-state index contributed by atoms with van der Waals surface area (Å²) < 4.78 is 34.6. The Morgan fingerprint density at radius 1 is 0.914 bits per heavy atom. The number of hydrogen-bond acceptors (Lipinski definition) is 4. The van der Waals surface area contributed by atoms with E-state index < -0.39 is 16.1 Å². The lowest BCUT2D eigenvalue weighted by Gasteiger charge is -2.19. The molecule has 0 aliphatic rings. The molecule has 7 heteroatoms. The number of aryl methyl sites for hydroxylation is 2. The number of benzene rings is 4. The third-order valence-electron chi connectivity index (χ3n) is 5.74. The topological polar surface area (TPSA) is 84.5 Å². The molecule has 4 rings (SSSR count). The minimum Gasteiger partial charge on any atom is -0.480 e. The van der Waals surface area contributed by atoms with Gasteiger partial charge in [0.15, 0.2) is 6.10 Å². The number of amides is 1. The molecule has 0 aromatic heterocycles. The molecule has 1 atom stereocenters. The van der Waals surface area contributed by atoms with E-state index in [2.05, 4.69) is 10.0 Å². The second-order valence-electron chi connectivity index (χ2n) is 8.43. The van der Waals surface area contributed by atoms with Crippen LogP contribution in [0.3, 0.4) is 0 Å². The number of carbonyl (C=O) groups excluding carboxylic acids is 1. The summed E-state index contributed by atoms with van der Waals surface area (Å²) in [4.78, 5) is 12.9. The molecule has 0 aliphatic heterocycles. The van der Waals surface area contributed by atoms with Gasteiger partial charge in [-0.3, -0.25) is 9.52 Å². The monoisotopic (exact) mass is 488 g/mol. The standard InChI is InChI=1S/C28H28N2O4S/c1-4-26(34-27-18-19(2)12-13-20(27)3)28(31)29-22-14-16-23(17-15-22)35(32,33)30-25-11-7-9-21-8-5-6-10-24(21)25/h5-18,26,30H,4H2,1-3H3,(H,29,31)/t26-/m1/s1. The highest BCUT2D eigenvalue weighted by Gasteiger charge is 2.20. The van der Waals surface area contributed by atoms with E-state index in [0.29, 0.717) is 23.5 Å². The van der Waals surface area contributed by atoms with E-state index in [4.69, 9.17) is 4.74 Å². The molecule has 0 aliphatic carbocycles. The second-order valence-corrected chi connectivity index (χ2v) is 10.1. The van der Waals surface area contributed by atoms with Crippen molar-refractivity contribution in [1.29, 1.82) is 0 Å². The van der Waals surface area contributed by atoms with Crippen molar-refractivity contribution in [1.82, 2.24) is 0 Å². The third kappa shape index (κ3) is 5.63. The first-order chi connectivity index (χ1) is 16.8. The van der Waals surface area contributed by atoms with E-state index in [1.54, 1.807) is 18.2 Å². The van der Waals surface area contributed by atoms with Crippen molar-refractivity contribution in [3.8, 4) is 5.75 Å². The Balaban J connectivity index is 1.46. The summed E-state index contributed by atoms with van der Waals surface area (Å²) in [6, 6.07) is 25.0. The van der Waals surface area contributed by atoms with Crippen LogP contribution in [-0.4, -0.2) is 20.4 Å². The third-order valence-corrected chi connectivity index (χ3v) is 7.12. The predicted octanol–water partition coefficient (Wildman–Crippen LogP) is 6.05. The maximum absolute atomic E-state index is 13.0. The van der Waals surface area contributed by atoms with Crippen LogP contribution >= 0.6 is 0 Å². The van der Waals surface area contributed by atoms with Gasteiger partial charge in [-0.25, -0.2) is 8.42 Å². The summed E-state index contributed by atoms with van der Waals surface area (Å²) in [5, 5.41) is 4.58. The molecule has 35 heavy (non-hydrogen) atoms. The molecule has 0 bridgehead atoms. The van der Waals surface area contributed by atoms with Crippen molar-refractivity contribution in [2.24, 2.45) is 0 Å². The van der Waals surface area contributed by atoms with Crippen molar-refractivity contribution < 1.29 is 17.9 Å². The van der Waals surface area contributed by atoms with Crippen LogP contribution in [0.15, 0.2) is 89.8 Å². The number of carbonyl (C=O) groups is 1. The van der Waals surface area contributed by atoms with Gasteiger partial charge in [0.25, 0.3) is 15.9 Å². The molecular weight excluding hydrogens is 460 g/mol. The highest BCUT2D eigenvalue weighted by Crippen LogP contribution is 2.26. The van der Waals surface area contributed by atoms with Crippen molar-refractivity contribution in [3.05, 3.63) is 96.1 Å². The first-order valence-corrected chi connectivity index (χ1v) is 12.9. The Labute approximate surface area is 206 Å². The molecule has 0 spiro atoms. The molecule has 4 aromatic carbocycles. The number of nitrogens with one attached hydrogen (secondary N) is 2. The Morgan fingerprint density at radius 2 is 1.63 bits per heavy atom. The van der Waals surface area contributed by atoms with Gasteiger partial charge >= 0.3 is 0 Å². The molecule has 180 valence electrons. The maximum atomic E-state index is 13.0. The lowest BCUT2D eigenvalue weighted by Crippen LogP contribution is -2.32. The Hall–Kier alpha value is -3.84. The summed E-state index contributed by atoms with van der Waals surface area (Å²) in [6.07, 6.45) is -0.187. The van der Waals surface area contributed by atoms with E-state index in [0.717, 1.165) is 21.9 Å². The summed E-state index contributed by atoms with van der Waals surface area (Å²) in [7, 11) is -3.81. The Kier molecular flexibility index (Phi) is 7.07. The molecule has 0 fully saturated rings. The minimum absolute atomic E-state index is 0.0992. The van der Waals surface area contributed by atoms with Crippen LogP contribution in [0.2, 0.25) is 0 Å². The van der Waals surface area contributed by atoms with E-state index >= 15 is 0 Å². The van der Waals surface area contributed by atoms with Gasteiger partial charge in [-0.15, -0.1) is 0 Å². The van der Waals surface area contributed by atoms with Crippen LogP contribution in [0.25, 0.3) is 10.8 Å². The van der Waals surface area contributed by atoms with Gasteiger partial charge in [-0.2, -0.15) is 0 Å². The second kappa shape index (κ2) is 10.2. The van der Waals surface area contributed by atoms with Gasteiger partial charge < -0.3 is 10.1 Å². The van der Waals surface area contributed by atoms with E-state index in [1.165, 1.54) is 12.1 Å². The van der Waals surface area contributed by atoms with E-state index in [-0.39, 0.29) is 10.8 Å². The van der Waals surface area contributed by atoms with Gasteiger partial charge in [0.05, 0.1) is 10.6 Å². The smallest absolute Gasteiger partial charge is 0.265 e. The van der Waals surface area contributed by atoms with Gasteiger partial charge in [0.1, 0.15) is 5.75 Å². The van der Waals surface area contributed by atoms with Crippen LogP contribution in [-0.2, 0) is 14.8 Å². The Morgan fingerprint density at radius 3 is 2.37 bits per heavy atom. The van der Waals surface area contributed by atoms with Gasteiger partial charge in [0.2, 0.25) is 0 Å². The number of ether oxygens (including phenoxy) is 1. The molecule has 6 nitrogen and oxygen atoms in total. The highest BCUT2D eigenvalue weighted by atomic mass is 32.2. The molecule has 4 aromatic rings. The SMILES string of the molecule is CC[C@@H](Oc1cc(C)ccc1C)C(=O)Nc1ccc(S(=O)(=O)Nc2cccc3ccccc23)cc1. The van der Waals surface area contributed by atoms with Crippen molar-refractivity contribution >= 4 is 38.1 Å². The average molecular weight is 489 g/mol. The Bertz CT molecular complexity index is 1460. The zero-order valence-corrected chi connectivity index (χ0v) is 20.7. The largest absolute Gasteiger partial charge is 0.480 e. The fourth-order valence-corrected chi connectivity index (χ4v) is 4.85. The quantitative estimate of drug-likeness (QED) is 0.316. The average Bonchev–Trinajstić information content (AvgIpc) is 2.85. The molecule has 0 saturated heterocycles. The van der Waals surface area contributed by atoms with Crippen molar-refractivity contribution in [2.45, 2.75) is 38.2 Å². The molecule has 0 radical (unpaired) electrons. The van der Waals surface area contributed by atoms with Gasteiger partial charge in [-0.1, -0.05) is 55.5 Å². The molecule has 0 saturated carbocycles. The molecule has 0 heterocycles. The van der Waals surface area contributed by atoms with Crippen LogP contribution in [0, 0.1) is 13.8 Å². The van der Waals surface area contributed by atoms with Crippen molar-refractivity contribution in [3.63, 3.8) is 0 Å². The number of hydrogen-bond donors (Lipinski definition) is 2. The number of anilines is 2. The van der Waals surface area contributed by atoms with Crippen molar-refractivity contribution in [2.75, 3.05) is 10.0 Å². The van der Waals surface area contributed by atoms with E-state index in [9.17, 15) is 13.2 Å². The highest BCUT2D eigenvalue weighted by molar-refractivity contribution is 7.92. The van der Waals surface area contributed by atoms with E-state index in [1.807, 2.05) is 75.4 Å². The summed E-state index contributed by atoms with van der Waals surface area (Å²) >= 11 is 0. The fraction of sp³-hybridized carbons (Fsp3) is 0.179. The van der Waals surface area contributed by atoms with Gasteiger partial charge in [0, 0.05) is 11.1 Å². The molecule has 0 unspecified atom stereocenters. The van der Waals surface area contributed by atoms with Crippen LogP contribution < -0.4 is 14.8 Å². The summed E-state index contributed by atoms with van der Waals surface area (Å²) in [5.74, 6) is 0.380. The maximum Gasteiger partial charge on any atom is 0.265 e. The first-order valence-electron chi connectivity index (χ1n) is 11.4. The normalized spacial score (nSPS) is 12.2. The first kappa shape index (κ1) is 24.3. The van der Waals surface area contributed by atoms with Crippen LogP contribution in [0.5, 0.6) is 5.75 Å². The number of sulfonamides is 1. The zero-order valence-electron chi connectivity index (χ0n) is 19.9. The molecule has 1 amide bonds. The summed E-state index contributed by atoms with van der Waals surface area (Å²) in [6.45, 7) is 5.78. The number of fused-ring (bicyclic) bond motifs is 1.